The second-order valence-corrected chi connectivity index (χ2v) is 3.47. The number of aryl methyl sites for hydroxylation is 1. The molecule has 80 valence electrons. The van der Waals surface area contributed by atoms with E-state index >= 15 is 0 Å². The van der Waals surface area contributed by atoms with E-state index in [0.717, 1.165) is 0 Å². The second kappa shape index (κ2) is 3.38. The Morgan fingerprint density at radius 3 is 2.87 bits per heavy atom. The van der Waals surface area contributed by atoms with Crippen LogP contribution in [0.25, 0.3) is 0 Å². The highest BCUT2D eigenvalue weighted by atomic mass is 16.4. The molecule has 0 aromatic carbocycles. The molecule has 0 atom stereocenters. The summed E-state index contributed by atoms with van der Waals surface area (Å²) in [4.78, 5) is 20.0. The fourth-order valence-electron chi connectivity index (χ4n) is 1.69. The van der Waals surface area contributed by atoms with Crippen LogP contribution in [0.4, 0.5) is 4.79 Å². The Bertz CT molecular complexity index is 419. The van der Waals surface area contributed by atoms with Crippen molar-refractivity contribution in [2.75, 3.05) is 6.54 Å². The van der Waals surface area contributed by atoms with E-state index in [1.54, 1.807) is 6.92 Å². The van der Waals surface area contributed by atoms with Gasteiger partial charge in [-0.15, -0.1) is 0 Å². The zero-order valence-electron chi connectivity index (χ0n) is 8.27. The molecule has 0 unspecified atom stereocenters. The van der Waals surface area contributed by atoms with Crippen LogP contribution in [-0.4, -0.2) is 37.7 Å². The van der Waals surface area contributed by atoms with Crippen LogP contribution in [0, 0.1) is 6.92 Å². The molecule has 2 heterocycles. The Morgan fingerprint density at radius 1 is 1.47 bits per heavy atom. The van der Waals surface area contributed by atoms with Crippen LogP contribution >= 0.6 is 0 Å². The van der Waals surface area contributed by atoms with Gasteiger partial charge in [0.25, 0.3) is 0 Å². The summed E-state index contributed by atoms with van der Waals surface area (Å²) >= 11 is 0. The molecular weight excluding hydrogens is 198 g/mol. The quantitative estimate of drug-likeness (QED) is 0.650. The number of amides is 1. The fraction of sp³-hybridized carbons (Fsp3) is 0.444. The lowest BCUT2D eigenvalue weighted by molar-refractivity contribution is 0.138. The van der Waals surface area contributed by atoms with E-state index in [4.69, 9.17) is 5.11 Å². The largest absolute Gasteiger partial charge is 0.493 e. The SMILES string of the molecule is Cc1nc(O)c2c(n1)CN(C(=O)O)CC2. The Labute approximate surface area is 86.2 Å². The maximum atomic E-state index is 10.8. The molecule has 1 aliphatic heterocycles. The summed E-state index contributed by atoms with van der Waals surface area (Å²) in [7, 11) is 0. The molecule has 2 rings (SSSR count). The summed E-state index contributed by atoms with van der Waals surface area (Å²) in [6, 6.07) is 0. The van der Waals surface area contributed by atoms with Crippen molar-refractivity contribution in [3.63, 3.8) is 0 Å². The van der Waals surface area contributed by atoms with Gasteiger partial charge in [-0.05, 0) is 13.3 Å². The number of nitrogens with zero attached hydrogens (tertiary/aromatic N) is 3. The zero-order valence-corrected chi connectivity index (χ0v) is 8.27. The molecule has 15 heavy (non-hydrogen) atoms. The summed E-state index contributed by atoms with van der Waals surface area (Å²) in [5.41, 5.74) is 1.27. The number of aromatic hydroxyl groups is 1. The van der Waals surface area contributed by atoms with E-state index < -0.39 is 6.09 Å². The maximum absolute atomic E-state index is 10.8. The van der Waals surface area contributed by atoms with Crippen molar-refractivity contribution in [2.24, 2.45) is 0 Å². The third-order valence-corrected chi connectivity index (χ3v) is 2.43. The smallest absolute Gasteiger partial charge is 0.407 e. The van der Waals surface area contributed by atoms with E-state index in [1.807, 2.05) is 0 Å². The van der Waals surface area contributed by atoms with Gasteiger partial charge in [-0.25, -0.2) is 9.78 Å². The summed E-state index contributed by atoms with van der Waals surface area (Å²) in [6.45, 7) is 2.27. The third-order valence-electron chi connectivity index (χ3n) is 2.43. The van der Waals surface area contributed by atoms with Crippen molar-refractivity contribution in [1.82, 2.24) is 14.9 Å². The lowest BCUT2D eigenvalue weighted by atomic mass is 10.1. The minimum atomic E-state index is -0.962. The van der Waals surface area contributed by atoms with E-state index in [0.29, 0.717) is 30.0 Å². The van der Waals surface area contributed by atoms with Crippen LogP contribution in [0.2, 0.25) is 0 Å². The molecule has 1 aliphatic rings. The summed E-state index contributed by atoms with van der Waals surface area (Å²) in [5.74, 6) is 0.432. The van der Waals surface area contributed by atoms with Crippen molar-refractivity contribution in [1.29, 1.82) is 0 Å². The summed E-state index contributed by atoms with van der Waals surface area (Å²) < 4.78 is 0. The summed E-state index contributed by atoms with van der Waals surface area (Å²) in [5, 5.41) is 18.4. The topological polar surface area (TPSA) is 86.6 Å². The zero-order chi connectivity index (χ0) is 11.0. The van der Waals surface area contributed by atoms with E-state index in [2.05, 4.69) is 9.97 Å². The van der Waals surface area contributed by atoms with Gasteiger partial charge in [-0.1, -0.05) is 0 Å². The first-order chi connectivity index (χ1) is 7.08. The van der Waals surface area contributed by atoms with Crippen molar-refractivity contribution < 1.29 is 15.0 Å². The molecule has 6 heteroatoms. The number of hydrogen-bond acceptors (Lipinski definition) is 4. The van der Waals surface area contributed by atoms with Gasteiger partial charge in [-0.3, -0.25) is 0 Å². The molecule has 0 fully saturated rings. The van der Waals surface area contributed by atoms with E-state index in [1.165, 1.54) is 4.90 Å². The van der Waals surface area contributed by atoms with Crippen LogP contribution in [0.15, 0.2) is 0 Å². The van der Waals surface area contributed by atoms with Crippen LogP contribution in [0.5, 0.6) is 5.88 Å². The molecule has 0 aliphatic carbocycles. The van der Waals surface area contributed by atoms with E-state index in [-0.39, 0.29) is 12.4 Å². The average Bonchev–Trinajstić information content (AvgIpc) is 2.16. The van der Waals surface area contributed by atoms with Gasteiger partial charge in [0.2, 0.25) is 5.88 Å². The first-order valence-electron chi connectivity index (χ1n) is 4.61. The van der Waals surface area contributed by atoms with Gasteiger partial charge in [0.1, 0.15) is 5.82 Å². The molecule has 2 N–H and O–H groups in total. The van der Waals surface area contributed by atoms with Gasteiger partial charge >= 0.3 is 6.09 Å². The Hall–Kier alpha value is -1.85. The van der Waals surface area contributed by atoms with Gasteiger partial charge in [-0.2, -0.15) is 4.98 Å². The van der Waals surface area contributed by atoms with Gasteiger partial charge in [0.15, 0.2) is 0 Å². The highest BCUT2D eigenvalue weighted by Gasteiger charge is 2.24. The normalized spacial score (nSPS) is 14.9. The molecule has 1 amide bonds. The summed E-state index contributed by atoms with van der Waals surface area (Å²) in [6.07, 6.45) is -0.496. The van der Waals surface area contributed by atoms with Gasteiger partial charge < -0.3 is 15.1 Å². The molecule has 6 nitrogen and oxygen atoms in total. The Kier molecular flexibility index (Phi) is 2.18. The highest BCUT2D eigenvalue weighted by molar-refractivity contribution is 5.65. The molecule has 0 radical (unpaired) electrons. The van der Waals surface area contributed by atoms with Crippen LogP contribution in [-0.2, 0) is 13.0 Å². The van der Waals surface area contributed by atoms with Crippen LogP contribution in [0.3, 0.4) is 0 Å². The molecule has 0 saturated heterocycles. The standard InChI is InChI=1S/C9H11N3O3/c1-5-10-7-4-12(9(14)15)3-2-6(7)8(13)11-5/h2-4H2,1H3,(H,14,15)(H,10,11,13). The van der Waals surface area contributed by atoms with Crippen molar-refractivity contribution in [3.8, 4) is 5.88 Å². The van der Waals surface area contributed by atoms with Gasteiger partial charge in [0.05, 0.1) is 12.2 Å². The monoisotopic (exact) mass is 209 g/mol. The highest BCUT2D eigenvalue weighted by Crippen LogP contribution is 2.23. The minimum absolute atomic E-state index is 0.0254. The van der Waals surface area contributed by atoms with Crippen molar-refractivity contribution in [3.05, 3.63) is 17.1 Å². The minimum Gasteiger partial charge on any atom is -0.493 e. The van der Waals surface area contributed by atoms with Crippen LogP contribution < -0.4 is 0 Å². The third kappa shape index (κ3) is 1.70. The molecule has 0 bridgehead atoms. The van der Waals surface area contributed by atoms with Crippen molar-refractivity contribution >= 4 is 6.09 Å². The van der Waals surface area contributed by atoms with Crippen LogP contribution in [0.1, 0.15) is 17.1 Å². The Morgan fingerprint density at radius 2 is 2.20 bits per heavy atom. The van der Waals surface area contributed by atoms with Gasteiger partial charge in [0, 0.05) is 12.1 Å². The first-order valence-corrected chi connectivity index (χ1v) is 4.61. The Balaban J connectivity index is 2.37. The number of hydrogen-bond donors (Lipinski definition) is 2. The molecule has 1 aromatic rings. The number of fused-ring (bicyclic) bond motifs is 1. The predicted octanol–water partition coefficient (Wildman–Crippen LogP) is 0.527. The maximum Gasteiger partial charge on any atom is 0.407 e. The molecular formula is C9H11N3O3. The average molecular weight is 209 g/mol. The predicted molar refractivity (Wildman–Crippen MR) is 50.6 cm³/mol. The number of rotatable bonds is 0. The lowest BCUT2D eigenvalue weighted by Gasteiger charge is -2.25. The fourth-order valence-corrected chi connectivity index (χ4v) is 1.69. The van der Waals surface area contributed by atoms with Crippen molar-refractivity contribution in [2.45, 2.75) is 19.9 Å². The molecule has 1 aromatic heterocycles. The molecule has 0 spiro atoms. The second-order valence-electron chi connectivity index (χ2n) is 3.47. The molecule has 0 saturated carbocycles. The van der Waals surface area contributed by atoms with E-state index in [9.17, 15) is 9.90 Å². The first kappa shape index (κ1) is 9.70. The number of aromatic nitrogens is 2. The lowest BCUT2D eigenvalue weighted by Crippen LogP contribution is -2.35. The number of carboxylic acid groups (broad SMARTS) is 1. The number of carbonyl (C=O) groups is 1.